The lowest BCUT2D eigenvalue weighted by Crippen LogP contribution is -2.35. The topological polar surface area (TPSA) is 40.9 Å². The van der Waals surface area contributed by atoms with Crippen LogP contribution in [0.15, 0.2) is 0 Å². The number of hydrogen-bond donors (Lipinski definition) is 1. The van der Waals surface area contributed by atoms with Crippen LogP contribution in [-0.2, 0) is 4.79 Å². The van der Waals surface area contributed by atoms with Gasteiger partial charge < -0.3 is 5.41 Å². The molecular formula is C17H27NO. The number of carbonyl (C=O) groups excluding carboxylic acids is 1. The summed E-state index contributed by atoms with van der Waals surface area (Å²) in [5.41, 5.74) is 0.0945. The average molecular weight is 261 g/mol. The minimum atomic E-state index is -0.346. The zero-order valence-electron chi connectivity index (χ0n) is 13.0. The van der Waals surface area contributed by atoms with E-state index in [0.717, 1.165) is 25.7 Å². The van der Waals surface area contributed by atoms with Gasteiger partial charge in [-0.15, -0.1) is 12.3 Å². The largest absolute Gasteiger partial charge is 0.309 e. The summed E-state index contributed by atoms with van der Waals surface area (Å²) in [6.07, 6.45) is 8.78. The summed E-state index contributed by atoms with van der Waals surface area (Å²) in [7, 11) is 0. The molecule has 2 nitrogen and oxygen atoms in total. The predicted molar refractivity (Wildman–Crippen MR) is 80.3 cm³/mol. The highest BCUT2D eigenvalue weighted by molar-refractivity contribution is 5.90. The van der Waals surface area contributed by atoms with E-state index in [1.165, 1.54) is 0 Å². The lowest BCUT2D eigenvalue weighted by Gasteiger charge is -2.33. The summed E-state index contributed by atoms with van der Waals surface area (Å²) in [5.74, 6) is 3.74. The average Bonchev–Trinajstić information content (AvgIpc) is 3.02. The second kappa shape index (κ2) is 5.49. The molecule has 1 fully saturated rings. The van der Waals surface area contributed by atoms with Gasteiger partial charge in [0.15, 0.2) is 0 Å². The number of Topliss-reactive ketones (excluding diaryl/α,β-unsaturated/α-hetero) is 1. The lowest BCUT2D eigenvalue weighted by molar-refractivity contribution is -0.129. The molecule has 2 heteroatoms. The van der Waals surface area contributed by atoms with E-state index in [4.69, 9.17) is 11.8 Å². The van der Waals surface area contributed by atoms with Gasteiger partial charge in [-0.25, -0.2) is 0 Å². The maximum atomic E-state index is 12.6. The van der Waals surface area contributed by atoms with E-state index in [2.05, 4.69) is 5.92 Å². The van der Waals surface area contributed by atoms with E-state index >= 15 is 0 Å². The Morgan fingerprint density at radius 2 is 1.89 bits per heavy atom. The standard InChI is InChI=1S/C17H27NO/c1-7-8-9-13-10-14(13)15(19)17(5,6)11-16(3,4)12(2)18/h1,13-14,18H,8-11H2,2-6H3. The van der Waals surface area contributed by atoms with Gasteiger partial charge in [-0.05, 0) is 32.1 Å². The van der Waals surface area contributed by atoms with Crippen LogP contribution in [0.2, 0.25) is 0 Å². The molecule has 1 rings (SSSR count). The molecule has 0 saturated heterocycles. The third kappa shape index (κ3) is 3.93. The van der Waals surface area contributed by atoms with Crippen LogP contribution in [0.5, 0.6) is 0 Å². The first kappa shape index (κ1) is 16.0. The number of nitrogens with one attached hydrogen (secondary N) is 1. The molecule has 0 amide bonds. The Morgan fingerprint density at radius 3 is 2.37 bits per heavy atom. The highest BCUT2D eigenvalue weighted by Gasteiger charge is 2.48. The van der Waals surface area contributed by atoms with Crippen molar-refractivity contribution in [1.29, 1.82) is 5.41 Å². The fraction of sp³-hybridized carbons (Fsp3) is 0.765. The first-order valence-electron chi connectivity index (χ1n) is 7.15. The van der Waals surface area contributed by atoms with Gasteiger partial charge >= 0.3 is 0 Å². The molecular weight excluding hydrogens is 234 g/mol. The van der Waals surface area contributed by atoms with Crippen molar-refractivity contribution in [1.82, 2.24) is 0 Å². The molecule has 0 aliphatic heterocycles. The van der Waals surface area contributed by atoms with Crippen molar-refractivity contribution in [3.8, 4) is 12.3 Å². The van der Waals surface area contributed by atoms with E-state index in [0.29, 0.717) is 17.4 Å². The summed E-state index contributed by atoms with van der Waals surface area (Å²) in [6, 6.07) is 0. The van der Waals surface area contributed by atoms with Gasteiger partial charge in [0.2, 0.25) is 0 Å². The maximum Gasteiger partial charge on any atom is 0.141 e. The van der Waals surface area contributed by atoms with Crippen molar-refractivity contribution in [2.75, 3.05) is 0 Å². The smallest absolute Gasteiger partial charge is 0.141 e. The van der Waals surface area contributed by atoms with E-state index in [1.54, 1.807) is 0 Å². The quantitative estimate of drug-likeness (QED) is 0.544. The second-order valence-electron chi connectivity index (χ2n) is 7.28. The molecule has 1 aliphatic rings. The molecule has 0 bridgehead atoms. The molecule has 0 radical (unpaired) electrons. The van der Waals surface area contributed by atoms with Crippen molar-refractivity contribution < 1.29 is 4.79 Å². The first-order valence-corrected chi connectivity index (χ1v) is 7.15. The zero-order valence-corrected chi connectivity index (χ0v) is 13.0. The van der Waals surface area contributed by atoms with Crippen LogP contribution in [0.3, 0.4) is 0 Å². The molecule has 1 N–H and O–H groups in total. The van der Waals surface area contributed by atoms with Gasteiger partial charge in [0, 0.05) is 28.9 Å². The maximum absolute atomic E-state index is 12.6. The molecule has 0 spiro atoms. The molecule has 0 heterocycles. The summed E-state index contributed by atoms with van der Waals surface area (Å²) < 4.78 is 0. The minimum absolute atomic E-state index is 0.206. The van der Waals surface area contributed by atoms with Gasteiger partial charge in [-0.1, -0.05) is 27.7 Å². The van der Waals surface area contributed by atoms with E-state index in [-0.39, 0.29) is 16.7 Å². The van der Waals surface area contributed by atoms with Gasteiger partial charge in [0.05, 0.1) is 0 Å². The molecule has 0 aromatic carbocycles. The molecule has 1 aliphatic carbocycles. The van der Waals surface area contributed by atoms with Crippen molar-refractivity contribution in [2.24, 2.45) is 22.7 Å². The number of carbonyl (C=O) groups is 1. The summed E-state index contributed by atoms with van der Waals surface area (Å²) in [6.45, 7) is 9.97. The normalized spacial score (nSPS) is 22.7. The Labute approximate surface area is 117 Å². The molecule has 19 heavy (non-hydrogen) atoms. The van der Waals surface area contributed by atoms with E-state index < -0.39 is 0 Å². The van der Waals surface area contributed by atoms with E-state index in [9.17, 15) is 4.79 Å². The monoisotopic (exact) mass is 261 g/mol. The fourth-order valence-electron chi connectivity index (χ4n) is 2.98. The molecule has 0 aromatic rings. The van der Waals surface area contributed by atoms with Crippen molar-refractivity contribution in [3.05, 3.63) is 0 Å². The molecule has 106 valence electrons. The third-order valence-corrected chi connectivity index (χ3v) is 4.48. The summed E-state index contributed by atoms with van der Waals surface area (Å²) in [4.78, 5) is 12.6. The second-order valence-corrected chi connectivity index (χ2v) is 7.28. The van der Waals surface area contributed by atoms with Gasteiger partial charge in [0.1, 0.15) is 5.78 Å². The lowest BCUT2D eigenvalue weighted by atomic mass is 9.70. The number of terminal acetylenes is 1. The Morgan fingerprint density at radius 1 is 1.32 bits per heavy atom. The van der Waals surface area contributed by atoms with Crippen molar-refractivity contribution >= 4 is 11.5 Å². The van der Waals surface area contributed by atoms with Crippen LogP contribution in [-0.4, -0.2) is 11.5 Å². The number of hydrogen-bond acceptors (Lipinski definition) is 2. The molecule has 1 saturated carbocycles. The Balaban J connectivity index is 2.62. The Hall–Kier alpha value is -1.10. The molecule has 2 atom stereocenters. The number of ketones is 1. The predicted octanol–water partition coefficient (Wildman–Crippen LogP) is 4.09. The fourth-order valence-corrected chi connectivity index (χ4v) is 2.98. The Bertz CT molecular complexity index is 411. The molecule has 2 unspecified atom stereocenters. The minimum Gasteiger partial charge on any atom is -0.309 e. The van der Waals surface area contributed by atoms with Crippen LogP contribution in [0.1, 0.15) is 60.3 Å². The highest BCUT2D eigenvalue weighted by Crippen LogP contribution is 2.48. The SMILES string of the molecule is C#CCCC1CC1C(=O)C(C)(C)CC(C)(C)C(C)=N. The van der Waals surface area contributed by atoms with Crippen LogP contribution in [0.25, 0.3) is 0 Å². The zero-order chi connectivity index (χ0) is 14.8. The summed E-state index contributed by atoms with van der Waals surface area (Å²) >= 11 is 0. The van der Waals surface area contributed by atoms with Crippen LogP contribution >= 0.6 is 0 Å². The summed E-state index contributed by atoms with van der Waals surface area (Å²) in [5, 5.41) is 7.84. The third-order valence-electron chi connectivity index (χ3n) is 4.48. The van der Waals surface area contributed by atoms with Gasteiger partial charge in [-0.2, -0.15) is 0 Å². The van der Waals surface area contributed by atoms with Crippen LogP contribution < -0.4 is 0 Å². The van der Waals surface area contributed by atoms with Gasteiger partial charge in [0.25, 0.3) is 0 Å². The first-order chi connectivity index (χ1) is 8.62. The van der Waals surface area contributed by atoms with Gasteiger partial charge in [-0.3, -0.25) is 4.79 Å². The van der Waals surface area contributed by atoms with E-state index in [1.807, 2.05) is 34.6 Å². The number of rotatable bonds is 7. The van der Waals surface area contributed by atoms with Crippen LogP contribution in [0, 0.1) is 40.4 Å². The van der Waals surface area contributed by atoms with Crippen molar-refractivity contribution in [3.63, 3.8) is 0 Å². The highest BCUT2D eigenvalue weighted by atomic mass is 16.1. The van der Waals surface area contributed by atoms with Crippen LogP contribution in [0.4, 0.5) is 0 Å². The molecule has 0 aromatic heterocycles. The Kier molecular flexibility index (Phi) is 4.61. The van der Waals surface area contributed by atoms with Crippen molar-refractivity contribution in [2.45, 2.75) is 60.3 Å².